The van der Waals surface area contributed by atoms with E-state index in [0.717, 1.165) is 61.9 Å². The first-order valence-electron chi connectivity index (χ1n) is 24.5. The van der Waals surface area contributed by atoms with Crippen LogP contribution in [0.3, 0.4) is 0 Å². The van der Waals surface area contributed by atoms with Crippen LogP contribution in [0, 0.1) is 0 Å². The predicted octanol–water partition coefficient (Wildman–Crippen LogP) is 18.1. The van der Waals surface area contributed by atoms with Gasteiger partial charge in [-0.2, -0.15) is 0 Å². The molecule has 0 aromatic heterocycles. The average molecular weight is 892 g/mol. The molecule has 0 unspecified atom stereocenters. The van der Waals surface area contributed by atoms with Crippen LogP contribution in [0.1, 0.15) is 47.2 Å². The van der Waals surface area contributed by atoms with Gasteiger partial charge in [-0.05, 0) is 148 Å². The molecule has 15 rings (SSSR count). The molecule has 0 atom stereocenters. The summed E-state index contributed by atoms with van der Waals surface area (Å²) >= 11 is 0. The molecule has 2 heteroatoms. The lowest BCUT2D eigenvalue weighted by molar-refractivity contribution is 0.489. The minimum absolute atomic E-state index is 0.203. The van der Waals surface area contributed by atoms with Crippen molar-refractivity contribution in [3.8, 4) is 78.3 Å². The van der Waals surface area contributed by atoms with Crippen LogP contribution in [0.25, 0.3) is 77.5 Å². The first-order valence-corrected chi connectivity index (χ1v) is 24.5. The highest BCUT2D eigenvalue weighted by atomic mass is 16.5. The zero-order chi connectivity index (χ0) is 46.3. The van der Waals surface area contributed by atoms with Gasteiger partial charge in [0.2, 0.25) is 0 Å². The lowest BCUT2D eigenvalue weighted by atomic mass is 9.70. The Balaban J connectivity index is 1.02. The number of nitrogens with zero attached hydrogens (tertiary/aromatic N) is 1. The summed E-state index contributed by atoms with van der Waals surface area (Å²) in [6.07, 6.45) is 0. The van der Waals surface area contributed by atoms with Crippen LogP contribution in [0.5, 0.6) is 11.5 Å². The Morgan fingerprint density at radius 1 is 0.329 bits per heavy atom. The molecule has 11 aromatic rings. The average Bonchev–Trinajstić information content (AvgIpc) is 3.92. The van der Waals surface area contributed by atoms with Gasteiger partial charge in [-0.1, -0.05) is 202 Å². The molecule has 1 heterocycles. The van der Waals surface area contributed by atoms with Crippen molar-refractivity contribution >= 4 is 27.8 Å². The molecular weight excluding hydrogens is 847 g/mol. The third-order valence-electron chi connectivity index (χ3n) is 16.1. The third kappa shape index (κ3) is 5.23. The monoisotopic (exact) mass is 891 g/mol. The Morgan fingerprint density at radius 2 is 0.800 bits per heavy atom. The highest BCUT2D eigenvalue weighted by Crippen LogP contribution is 2.64. The molecular formula is C68H45NO. The maximum Gasteiger partial charge on any atom is 0.159 e. The molecule has 70 heavy (non-hydrogen) atoms. The largest absolute Gasteiger partial charge is 0.454 e. The van der Waals surface area contributed by atoms with Gasteiger partial charge in [0.05, 0.1) is 11.1 Å². The van der Waals surface area contributed by atoms with E-state index in [1.165, 1.54) is 77.5 Å². The molecule has 11 aromatic carbocycles. The summed E-state index contributed by atoms with van der Waals surface area (Å²) in [5, 5.41) is 2.39. The van der Waals surface area contributed by atoms with E-state index >= 15 is 0 Å². The quantitative estimate of drug-likeness (QED) is 0.175. The molecule has 4 aliphatic rings. The Hall–Kier alpha value is -8.72. The van der Waals surface area contributed by atoms with Gasteiger partial charge in [0.25, 0.3) is 0 Å². The fourth-order valence-corrected chi connectivity index (χ4v) is 13.0. The molecule has 0 saturated carbocycles. The van der Waals surface area contributed by atoms with Gasteiger partial charge >= 0.3 is 0 Å². The van der Waals surface area contributed by atoms with Crippen molar-refractivity contribution in [2.75, 3.05) is 4.90 Å². The first kappa shape index (κ1) is 39.3. The molecule has 1 aliphatic heterocycles. The summed E-state index contributed by atoms with van der Waals surface area (Å²) in [5.74, 6) is 1.65. The first-order chi connectivity index (χ1) is 34.5. The summed E-state index contributed by atoms with van der Waals surface area (Å²) in [6.45, 7) is 4.74. The number of hydrogen-bond donors (Lipinski definition) is 0. The van der Waals surface area contributed by atoms with Crippen LogP contribution in [0.15, 0.2) is 237 Å². The van der Waals surface area contributed by atoms with Crippen molar-refractivity contribution in [2.45, 2.75) is 24.7 Å². The summed E-state index contributed by atoms with van der Waals surface area (Å²) in [6, 6.07) is 88.0. The summed E-state index contributed by atoms with van der Waals surface area (Å²) in [5.41, 5.74) is 24.8. The van der Waals surface area contributed by atoms with E-state index < -0.39 is 5.41 Å². The lowest BCUT2D eigenvalue weighted by Crippen LogP contribution is -2.26. The number of benzene rings is 11. The molecule has 0 amide bonds. The van der Waals surface area contributed by atoms with Gasteiger partial charge in [-0.3, -0.25) is 0 Å². The van der Waals surface area contributed by atoms with Gasteiger partial charge in [0, 0.05) is 27.9 Å². The van der Waals surface area contributed by atoms with E-state index in [1.54, 1.807) is 0 Å². The van der Waals surface area contributed by atoms with E-state index in [0.29, 0.717) is 0 Å². The second-order valence-electron chi connectivity index (χ2n) is 19.9. The molecule has 0 radical (unpaired) electrons. The third-order valence-corrected chi connectivity index (χ3v) is 16.1. The standard InChI is InChI=1S/C68H45NO/c1-67(2)57-28-12-8-22-48(57)52-36-34-45(40-61(52)67)69(46-35-37-53-51-25-11-15-31-60(51)68(62(53)41-46)58-29-13-9-23-49(58)50-24-10-14-30-59(50)68)63-32-16-27-54-55-38-43-20-6-7-21-44(43)39-56(55)65-47(42-18-4-3-5-19-42)26-17-33-64(65)70-66(54)63/h3-41H,1-2H3. The summed E-state index contributed by atoms with van der Waals surface area (Å²) in [7, 11) is 0. The fourth-order valence-electron chi connectivity index (χ4n) is 13.0. The Kier molecular flexibility index (Phi) is 8.08. The minimum Gasteiger partial charge on any atom is -0.454 e. The Bertz CT molecular complexity index is 3960. The van der Waals surface area contributed by atoms with Crippen LogP contribution < -0.4 is 9.64 Å². The molecule has 0 saturated heterocycles. The smallest absolute Gasteiger partial charge is 0.159 e. The zero-order valence-electron chi connectivity index (χ0n) is 38.9. The second-order valence-corrected chi connectivity index (χ2v) is 19.9. The van der Waals surface area contributed by atoms with Gasteiger partial charge in [-0.15, -0.1) is 0 Å². The van der Waals surface area contributed by atoms with E-state index in [2.05, 4.69) is 255 Å². The number of fused-ring (bicyclic) bond motifs is 19. The molecule has 2 nitrogen and oxygen atoms in total. The molecule has 0 bridgehead atoms. The maximum absolute atomic E-state index is 7.60. The summed E-state index contributed by atoms with van der Waals surface area (Å²) in [4.78, 5) is 2.48. The highest BCUT2D eigenvalue weighted by molar-refractivity contribution is 6.05. The van der Waals surface area contributed by atoms with Crippen molar-refractivity contribution < 1.29 is 4.74 Å². The molecule has 1 spiro atoms. The van der Waals surface area contributed by atoms with Crippen molar-refractivity contribution in [3.05, 3.63) is 270 Å². The minimum atomic E-state index is -0.501. The zero-order valence-corrected chi connectivity index (χ0v) is 38.9. The molecule has 3 aliphatic carbocycles. The van der Waals surface area contributed by atoms with Crippen LogP contribution in [-0.4, -0.2) is 0 Å². The van der Waals surface area contributed by atoms with Gasteiger partial charge < -0.3 is 9.64 Å². The topological polar surface area (TPSA) is 12.5 Å². The van der Waals surface area contributed by atoms with E-state index in [1.807, 2.05) is 0 Å². The van der Waals surface area contributed by atoms with Crippen LogP contribution in [-0.2, 0) is 10.8 Å². The number of rotatable bonds is 4. The van der Waals surface area contributed by atoms with Crippen LogP contribution >= 0.6 is 0 Å². The van der Waals surface area contributed by atoms with Crippen LogP contribution in [0.4, 0.5) is 17.1 Å². The van der Waals surface area contributed by atoms with Gasteiger partial charge in [-0.25, -0.2) is 0 Å². The maximum atomic E-state index is 7.60. The van der Waals surface area contributed by atoms with Crippen molar-refractivity contribution in [3.63, 3.8) is 0 Å². The number of para-hydroxylation sites is 1. The Labute approximate surface area is 408 Å². The number of anilines is 3. The van der Waals surface area contributed by atoms with Gasteiger partial charge in [0.1, 0.15) is 5.75 Å². The number of ether oxygens (including phenoxy) is 1. The number of hydrogen-bond acceptors (Lipinski definition) is 2. The molecule has 328 valence electrons. The lowest BCUT2D eigenvalue weighted by Gasteiger charge is -2.33. The second kappa shape index (κ2) is 14.4. The Morgan fingerprint density at radius 3 is 1.44 bits per heavy atom. The predicted molar refractivity (Wildman–Crippen MR) is 289 cm³/mol. The van der Waals surface area contributed by atoms with Crippen molar-refractivity contribution in [2.24, 2.45) is 0 Å². The fraction of sp³-hybridized carbons (Fsp3) is 0.0588. The highest BCUT2D eigenvalue weighted by Gasteiger charge is 2.52. The normalized spacial score (nSPS) is 14.2. The summed E-state index contributed by atoms with van der Waals surface area (Å²) < 4.78 is 7.60. The van der Waals surface area contributed by atoms with E-state index in [4.69, 9.17) is 4.74 Å². The molecule has 0 fully saturated rings. The van der Waals surface area contributed by atoms with Crippen molar-refractivity contribution in [1.82, 2.24) is 0 Å². The molecule has 0 N–H and O–H groups in total. The van der Waals surface area contributed by atoms with Gasteiger partial charge in [0.15, 0.2) is 5.75 Å². The SMILES string of the molecule is CC1(C)c2ccccc2-c2ccc(N(c3ccc4c(c3)C3(c5ccccc5-c5ccccc53)c3ccccc3-4)c3cccc4c3Oc3cccc(-c5ccccc5)c3-c3cc5ccccc5cc3-4)cc21. The van der Waals surface area contributed by atoms with E-state index in [9.17, 15) is 0 Å². The van der Waals surface area contributed by atoms with Crippen LogP contribution in [0.2, 0.25) is 0 Å². The van der Waals surface area contributed by atoms with Crippen molar-refractivity contribution in [1.29, 1.82) is 0 Å². The van der Waals surface area contributed by atoms with E-state index in [-0.39, 0.29) is 5.41 Å².